The highest BCUT2D eigenvalue weighted by molar-refractivity contribution is 6.31. The molecule has 2 nitrogen and oxygen atoms in total. The third kappa shape index (κ3) is 2.30. The number of hydrogen-bond acceptors (Lipinski definition) is 1. The number of rotatable bonds is 3. The second-order valence-electron chi connectivity index (χ2n) is 4.71. The predicted molar refractivity (Wildman–Crippen MR) is 78.4 cm³/mol. The Morgan fingerprint density at radius 3 is 2.80 bits per heavy atom. The van der Waals surface area contributed by atoms with Gasteiger partial charge in [0.25, 0.3) is 0 Å². The summed E-state index contributed by atoms with van der Waals surface area (Å²) in [4.78, 5) is 0. The largest absolute Gasteiger partial charge is 0.392 e. The standard InChI is InChI=1S/C16H13ClFNO/c17-16-13(2-1-3-14(16)18)9-19-7-6-12-5-4-11(10-20)8-15(12)19/h1-8,20H,9-10H2. The molecule has 0 amide bonds. The van der Waals surface area contributed by atoms with E-state index in [-0.39, 0.29) is 11.6 Å². The molecule has 0 aliphatic carbocycles. The Bertz CT molecular complexity index is 766. The SMILES string of the molecule is OCc1ccc2ccn(Cc3cccc(F)c3Cl)c2c1. The summed E-state index contributed by atoms with van der Waals surface area (Å²) in [6.45, 7) is 0.497. The van der Waals surface area contributed by atoms with Crippen LogP contribution in [0.5, 0.6) is 0 Å². The van der Waals surface area contributed by atoms with Gasteiger partial charge in [0.05, 0.1) is 11.6 Å². The fourth-order valence-electron chi connectivity index (χ4n) is 2.32. The molecular weight excluding hydrogens is 277 g/mol. The number of halogens is 2. The van der Waals surface area contributed by atoms with E-state index in [9.17, 15) is 9.50 Å². The average Bonchev–Trinajstić information content (AvgIpc) is 2.86. The number of benzene rings is 2. The van der Waals surface area contributed by atoms with E-state index in [1.807, 2.05) is 41.1 Å². The van der Waals surface area contributed by atoms with Crippen molar-refractivity contribution in [2.24, 2.45) is 0 Å². The van der Waals surface area contributed by atoms with Crippen molar-refractivity contribution in [3.63, 3.8) is 0 Å². The van der Waals surface area contributed by atoms with E-state index in [2.05, 4.69) is 0 Å². The first kappa shape index (κ1) is 13.2. The minimum Gasteiger partial charge on any atom is -0.392 e. The van der Waals surface area contributed by atoms with E-state index in [4.69, 9.17) is 11.6 Å². The molecule has 3 aromatic rings. The zero-order valence-electron chi connectivity index (χ0n) is 10.7. The van der Waals surface area contributed by atoms with Gasteiger partial charge in [0.15, 0.2) is 0 Å². The number of nitrogens with zero attached hydrogens (tertiary/aromatic N) is 1. The van der Waals surface area contributed by atoms with Crippen LogP contribution in [-0.2, 0) is 13.2 Å². The summed E-state index contributed by atoms with van der Waals surface area (Å²) in [5.41, 5.74) is 2.58. The first-order valence-electron chi connectivity index (χ1n) is 6.30. The van der Waals surface area contributed by atoms with Crippen LogP contribution in [-0.4, -0.2) is 9.67 Å². The summed E-state index contributed by atoms with van der Waals surface area (Å²) in [6, 6.07) is 12.6. The summed E-state index contributed by atoms with van der Waals surface area (Å²) in [6.07, 6.45) is 1.94. The molecular formula is C16H13ClFNO. The third-order valence-electron chi connectivity index (χ3n) is 3.39. The maximum atomic E-state index is 13.5. The molecule has 0 fully saturated rings. The Hall–Kier alpha value is -1.84. The fourth-order valence-corrected chi connectivity index (χ4v) is 2.51. The molecule has 0 bridgehead atoms. The smallest absolute Gasteiger partial charge is 0.142 e. The van der Waals surface area contributed by atoms with Crippen molar-refractivity contribution in [2.45, 2.75) is 13.2 Å². The van der Waals surface area contributed by atoms with E-state index in [0.717, 1.165) is 22.0 Å². The number of aliphatic hydroxyl groups excluding tert-OH is 1. The molecule has 1 N–H and O–H groups in total. The molecule has 4 heteroatoms. The summed E-state index contributed by atoms with van der Waals surface area (Å²) in [5.74, 6) is -0.406. The molecule has 0 atom stereocenters. The van der Waals surface area contributed by atoms with Crippen molar-refractivity contribution in [3.05, 3.63) is 70.6 Å². The number of aliphatic hydroxyl groups is 1. The summed E-state index contributed by atoms with van der Waals surface area (Å²) < 4.78 is 15.5. The molecule has 0 aliphatic rings. The molecule has 0 aliphatic heterocycles. The number of fused-ring (bicyclic) bond motifs is 1. The van der Waals surface area contributed by atoms with Gasteiger partial charge in [-0.2, -0.15) is 0 Å². The van der Waals surface area contributed by atoms with Crippen molar-refractivity contribution in [1.82, 2.24) is 4.57 Å². The number of hydrogen-bond donors (Lipinski definition) is 1. The lowest BCUT2D eigenvalue weighted by atomic mass is 10.1. The summed E-state index contributed by atoms with van der Waals surface area (Å²) in [7, 11) is 0. The van der Waals surface area contributed by atoms with Crippen molar-refractivity contribution < 1.29 is 9.50 Å². The maximum Gasteiger partial charge on any atom is 0.142 e. The molecule has 0 spiro atoms. The second-order valence-corrected chi connectivity index (χ2v) is 5.09. The van der Waals surface area contributed by atoms with Crippen molar-refractivity contribution in [1.29, 1.82) is 0 Å². The van der Waals surface area contributed by atoms with Crippen LogP contribution in [0.25, 0.3) is 10.9 Å². The Balaban J connectivity index is 2.04. The lowest BCUT2D eigenvalue weighted by Gasteiger charge is -2.09. The minimum atomic E-state index is -0.406. The van der Waals surface area contributed by atoms with E-state index in [1.165, 1.54) is 6.07 Å². The lowest BCUT2D eigenvalue weighted by Crippen LogP contribution is -2.00. The monoisotopic (exact) mass is 289 g/mol. The molecule has 20 heavy (non-hydrogen) atoms. The Morgan fingerprint density at radius 1 is 1.15 bits per heavy atom. The van der Waals surface area contributed by atoms with Gasteiger partial charge in [-0.15, -0.1) is 0 Å². The maximum absolute atomic E-state index is 13.5. The highest BCUT2D eigenvalue weighted by Gasteiger charge is 2.08. The zero-order chi connectivity index (χ0) is 14.1. The van der Waals surface area contributed by atoms with Crippen LogP contribution in [0, 0.1) is 5.82 Å². The van der Waals surface area contributed by atoms with Crippen LogP contribution in [0.2, 0.25) is 5.02 Å². The normalized spacial score (nSPS) is 11.2. The third-order valence-corrected chi connectivity index (χ3v) is 3.82. The van der Waals surface area contributed by atoms with E-state index in [1.54, 1.807) is 6.07 Å². The summed E-state index contributed by atoms with van der Waals surface area (Å²) in [5, 5.41) is 10.5. The van der Waals surface area contributed by atoms with Crippen LogP contribution < -0.4 is 0 Å². The number of aromatic nitrogens is 1. The highest BCUT2D eigenvalue weighted by Crippen LogP contribution is 2.24. The molecule has 1 aromatic heterocycles. The van der Waals surface area contributed by atoms with E-state index >= 15 is 0 Å². The molecule has 3 rings (SSSR count). The van der Waals surface area contributed by atoms with Gasteiger partial charge in [0.1, 0.15) is 5.82 Å². The predicted octanol–water partition coefficient (Wildman–Crippen LogP) is 3.97. The van der Waals surface area contributed by atoms with Gasteiger partial charge in [-0.05, 0) is 34.7 Å². The first-order valence-corrected chi connectivity index (χ1v) is 6.68. The molecule has 102 valence electrons. The summed E-state index contributed by atoms with van der Waals surface area (Å²) >= 11 is 5.99. The molecule has 0 radical (unpaired) electrons. The van der Waals surface area contributed by atoms with Gasteiger partial charge < -0.3 is 9.67 Å². The fraction of sp³-hybridized carbons (Fsp3) is 0.125. The second kappa shape index (κ2) is 5.27. The van der Waals surface area contributed by atoms with Gasteiger partial charge in [-0.3, -0.25) is 0 Å². The molecule has 2 aromatic carbocycles. The quantitative estimate of drug-likeness (QED) is 0.775. The molecule has 0 unspecified atom stereocenters. The van der Waals surface area contributed by atoms with Crippen LogP contribution >= 0.6 is 11.6 Å². The van der Waals surface area contributed by atoms with Crippen molar-refractivity contribution in [2.75, 3.05) is 0 Å². The van der Waals surface area contributed by atoms with Crippen LogP contribution in [0.4, 0.5) is 4.39 Å². The van der Waals surface area contributed by atoms with E-state index in [0.29, 0.717) is 6.54 Å². The van der Waals surface area contributed by atoms with Gasteiger partial charge in [-0.1, -0.05) is 35.9 Å². The molecule has 0 saturated heterocycles. The van der Waals surface area contributed by atoms with Gasteiger partial charge >= 0.3 is 0 Å². The van der Waals surface area contributed by atoms with Crippen molar-refractivity contribution >= 4 is 22.5 Å². The van der Waals surface area contributed by atoms with Gasteiger partial charge in [0, 0.05) is 18.3 Å². The van der Waals surface area contributed by atoms with Crippen LogP contribution in [0.3, 0.4) is 0 Å². The van der Waals surface area contributed by atoms with Gasteiger partial charge in [0.2, 0.25) is 0 Å². The lowest BCUT2D eigenvalue weighted by molar-refractivity contribution is 0.282. The Morgan fingerprint density at radius 2 is 2.00 bits per heavy atom. The highest BCUT2D eigenvalue weighted by atomic mass is 35.5. The average molecular weight is 290 g/mol. The van der Waals surface area contributed by atoms with Crippen LogP contribution in [0.1, 0.15) is 11.1 Å². The van der Waals surface area contributed by atoms with Gasteiger partial charge in [-0.25, -0.2) is 4.39 Å². The first-order chi connectivity index (χ1) is 9.69. The Labute approximate surface area is 121 Å². The minimum absolute atomic E-state index is 0.00183. The zero-order valence-corrected chi connectivity index (χ0v) is 11.4. The van der Waals surface area contributed by atoms with Crippen molar-refractivity contribution in [3.8, 4) is 0 Å². The topological polar surface area (TPSA) is 25.2 Å². The Kier molecular flexibility index (Phi) is 3.47. The van der Waals surface area contributed by atoms with Crippen LogP contribution in [0.15, 0.2) is 48.7 Å². The van der Waals surface area contributed by atoms with E-state index < -0.39 is 5.82 Å². The molecule has 1 heterocycles. The molecule has 0 saturated carbocycles.